The third kappa shape index (κ3) is 4.66. The van der Waals surface area contributed by atoms with E-state index < -0.39 is 15.4 Å². The molecule has 2 aromatic rings. The summed E-state index contributed by atoms with van der Waals surface area (Å²) in [4.78, 5) is 13.0. The van der Waals surface area contributed by atoms with Gasteiger partial charge in [-0.1, -0.05) is 37.1 Å². The van der Waals surface area contributed by atoms with Gasteiger partial charge in [-0.2, -0.15) is 0 Å². The Kier molecular flexibility index (Phi) is 5.51. The first-order valence-corrected chi connectivity index (χ1v) is 10.8. The summed E-state index contributed by atoms with van der Waals surface area (Å²) in [6.07, 6.45) is 4.33. The van der Waals surface area contributed by atoms with Crippen LogP contribution in [-0.2, 0) is 26.8 Å². The standard InChI is InChI=1S/C20H23FN2O3S/c1-27(25,26)23-18-9-4-6-15(12-18)14-22-19(24)20(10-2-3-11-20)16-7-5-8-17(21)13-16/h4-9,12-13,23H,2-3,10-11,14H2,1H3,(H,22,24). The molecule has 0 radical (unpaired) electrons. The number of halogens is 1. The lowest BCUT2D eigenvalue weighted by molar-refractivity contribution is -0.126. The van der Waals surface area contributed by atoms with Crippen molar-refractivity contribution in [2.45, 2.75) is 37.6 Å². The van der Waals surface area contributed by atoms with E-state index in [0.717, 1.165) is 24.7 Å². The third-order valence-electron chi connectivity index (χ3n) is 4.95. The fourth-order valence-corrected chi connectivity index (χ4v) is 4.28. The van der Waals surface area contributed by atoms with Crippen LogP contribution < -0.4 is 10.0 Å². The van der Waals surface area contributed by atoms with E-state index in [1.807, 2.05) is 12.1 Å². The topological polar surface area (TPSA) is 75.3 Å². The molecule has 27 heavy (non-hydrogen) atoms. The van der Waals surface area contributed by atoms with Gasteiger partial charge >= 0.3 is 0 Å². The lowest BCUT2D eigenvalue weighted by Crippen LogP contribution is -2.42. The van der Waals surface area contributed by atoms with Gasteiger partial charge in [-0.15, -0.1) is 0 Å². The molecule has 3 rings (SSSR count). The van der Waals surface area contributed by atoms with Gasteiger partial charge in [0.05, 0.1) is 11.7 Å². The molecule has 0 bridgehead atoms. The molecule has 1 aliphatic carbocycles. The number of hydrogen-bond donors (Lipinski definition) is 2. The van der Waals surface area contributed by atoms with Crippen LogP contribution in [0.5, 0.6) is 0 Å². The molecule has 1 aliphatic rings. The summed E-state index contributed by atoms with van der Waals surface area (Å²) in [7, 11) is -3.36. The summed E-state index contributed by atoms with van der Waals surface area (Å²) in [6, 6.07) is 13.2. The molecule has 7 heteroatoms. The summed E-state index contributed by atoms with van der Waals surface area (Å²) in [5, 5.41) is 2.95. The normalized spacial score (nSPS) is 16.1. The van der Waals surface area contributed by atoms with Crippen molar-refractivity contribution in [2.24, 2.45) is 0 Å². The number of benzene rings is 2. The molecule has 5 nitrogen and oxygen atoms in total. The zero-order chi connectivity index (χ0) is 19.5. The fourth-order valence-electron chi connectivity index (χ4n) is 3.72. The minimum atomic E-state index is -3.36. The summed E-state index contributed by atoms with van der Waals surface area (Å²) >= 11 is 0. The van der Waals surface area contributed by atoms with E-state index in [1.54, 1.807) is 24.3 Å². The van der Waals surface area contributed by atoms with Crippen LogP contribution in [0.2, 0.25) is 0 Å². The van der Waals surface area contributed by atoms with Crippen LogP contribution in [0, 0.1) is 5.82 Å². The molecule has 1 fully saturated rings. The first-order valence-electron chi connectivity index (χ1n) is 8.90. The first kappa shape index (κ1) is 19.4. The SMILES string of the molecule is CS(=O)(=O)Nc1cccc(CNC(=O)C2(c3cccc(F)c3)CCCC2)c1. The smallest absolute Gasteiger partial charge is 0.230 e. The van der Waals surface area contributed by atoms with Crippen LogP contribution in [0.4, 0.5) is 10.1 Å². The van der Waals surface area contributed by atoms with Gasteiger partial charge in [0.25, 0.3) is 0 Å². The molecule has 2 N–H and O–H groups in total. The van der Waals surface area contributed by atoms with Gasteiger partial charge in [0.15, 0.2) is 0 Å². The highest BCUT2D eigenvalue weighted by Gasteiger charge is 2.42. The Morgan fingerprint density at radius 2 is 1.81 bits per heavy atom. The number of rotatable bonds is 6. The molecule has 2 aromatic carbocycles. The van der Waals surface area contributed by atoms with E-state index in [4.69, 9.17) is 0 Å². The number of nitrogens with one attached hydrogen (secondary N) is 2. The van der Waals surface area contributed by atoms with Crippen molar-refractivity contribution in [3.05, 3.63) is 65.5 Å². The number of amides is 1. The molecular weight excluding hydrogens is 367 g/mol. The summed E-state index contributed by atoms with van der Waals surface area (Å²) in [5.41, 5.74) is 1.24. The Bertz CT molecular complexity index is 938. The molecule has 0 heterocycles. The Labute approximate surface area is 159 Å². The van der Waals surface area contributed by atoms with E-state index in [0.29, 0.717) is 24.1 Å². The lowest BCUT2D eigenvalue weighted by Gasteiger charge is -2.28. The zero-order valence-electron chi connectivity index (χ0n) is 15.2. The van der Waals surface area contributed by atoms with Crippen LogP contribution in [-0.4, -0.2) is 20.6 Å². The van der Waals surface area contributed by atoms with E-state index in [9.17, 15) is 17.6 Å². The summed E-state index contributed by atoms with van der Waals surface area (Å²) in [6.45, 7) is 0.273. The highest BCUT2D eigenvalue weighted by atomic mass is 32.2. The predicted molar refractivity (Wildman–Crippen MR) is 103 cm³/mol. The predicted octanol–water partition coefficient (Wildman–Crippen LogP) is 3.33. The Hall–Kier alpha value is -2.41. The molecule has 0 saturated heterocycles. The Balaban J connectivity index is 1.75. The van der Waals surface area contributed by atoms with Crippen molar-refractivity contribution in [1.82, 2.24) is 5.32 Å². The monoisotopic (exact) mass is 390 g/mol. The van der Waals surface area contributed by atoms with Crippen molar-refractivity contribution < 1.29 is 17.6 Å². The number of carbonyl (C=O) groups excluding carboxylic acids is 1. The molecule has 0 aromatic heterocycles. The zero-order valence-corrected chi connectivity index (χ0v) is 16.0. The molecule has 1 amide bonds. The highest BCUT2D eigenvalue weighted by Crippen LogP contribution is 2.41. The van der Waals surface area contributed by atoms with Crippen molar-refractivity contribution in [2.75, 3.05) is 11.0 Å². The van der Waals surface area contributed by atoms with Crippen LogP contribution in [0.1, 0.15) is 36.8 Å². The second-order valence-corrected chi connectivity index (χ2v) is 8.81. The molecule has 0 aliphatic heterocycles. The van der Waals surface area contributed by atoms with E-state index in [1.165, 1.54) is 12.1 Å². The Morgan fingerprint density at radius 3 is 2.48 bits per heavy atom. The number of carbonyl (C=O) groups is 1. The minimum Gasteiger partial charge on any atom is -0.351 e. The average Bonchev–Trinajstić information content (AvgIpc) is 3.10. The highest BCUT2D eigenvalue weighted by molar-refractivity contribution is 7.92. The van der Waals surface area contributed by atoms with Gasteiger partial charge in [0, 0.05) is 12.2 Å². The van der Waals surface area contributed by atoms with Gasteiger partial charge in [-0.05, 0) is 48.2 Å². The quantitative estimate of drug-likeness (QED) is 0.794. The second kappa shape index (κ2) is 7.68. The Morgan fingerprint density at radius 1 is 1.11 bits per heavy atom. The van der Waals surface area contributed by atoms with Crippen molar-refractivity contribution >= 4 is 21.6 Å². The van der Waals surface area contributed by atoms with Crippen LogP contribution in [0.3, 0.4) is 0 Å². The van der Waals surface area contributed by atoms with Gasteiger partial charge < -0.3 is 5.32 Å². The van der Waals surface area contributed by atoms with Crippen LogP contribution in [0.15, 0.2) is 48.5 Å². The maximum Gasteiger partial charge on any atom is 0.230 e. The number of sulfonamides is 1. The van der Waals surface area contributed by atoms with Gasteiger partial charge in [-0.3, -0.25) is 9.52 Å². The molecule has 1 saturated carbocycles. The van der Waals surface area contributed by atoms with Crippen LogP contribution >= 0.6 is 0 Å². The van der Waals surface area contributed by atoms with E-state index in [2.05, 4.69) is 10.0 Å². The average molecular weight is 390 g/mol. The molecular formula is C20H23FN2O3S. The summed E-state index contributed by atoms with van der Waals surface area (Å²) < 4.78 is 38.9. The maximum atomic E-state index is 13.7. The number of hydrogen-bond acceptors (Lipinski definition) is 3. The van der Waals surface area contributed by atoms with E-state index in [-0.39, 0.29) is 18.3 Å². The third-order valence-corrected chi connectivity index (χ3v) is 5.56. The molecule has 0 spiro atoms. The van der Waals surface area contributed by atoms with Gasteiger partial charge in [-0.25, -0.2) is 12.8 Å². The van der Waals surface area contributed by atoms with Crippen molar-refractivity contribution in [3.63, 3.8) is 0 Å². The second-order valence-electron chi connectivity index (χ2n) is 7.06. The molecule has 144 valence electrons. The minimum absolute atomic E-state index is 0.118. The van der Waals surface area contributed by atoms with E-state index >= 15 is 0 Å². The van der Waals surface area contributed by atoms with Crippen LogP contribution in [0.25, 0.3) is 0 Å². The van der Waals surface area contributed by atoms with Crippen molar-refractivity contribution in [1.29, 1.82) is 0 Å². The van der Waals surface area contributed by atoms with Gasteiger partial charge in [0.2, 0.25) is 15.9 Å². The largest absolute Gasteiger partial charge is 0.351 e. The molecule has 0 atom stereocenters. The number of anilines is 1. The van der Waals surface area contributed by atoms with Crippen molar-refractivity contribution in [3.8, 4) is 0 Å². The summed E-state index contributed by atoms with van der Waals surface area (Å²) in [5.74, 6) is -0.460. The molecule has 0 unspecified atom stereocenters. The lowest BCUT2D eigenvalue weighted by atomic mass is 9.78. The fraction of sp³-hybridized carbons (Fsp3) is 0.350. The maximum absolute atomic E-state index is 13.7. The van der Waals surface area contributed by atoms with Gasteiger partial charge in [0.1, 0.15) is 5.82 Å². The first-order chi connectivity index (χ1) is 12.8.